The molecule has 12 heteroatoms. The Hall–Kier alpha value is -3.94. The first kappa shape index (κ1) is 35.4. The van der Waals surface area contributed by atoms with Gasteiger partial charge in [0.25, 0.3) is 5.70 Å². The van der Waals surface area contributed by atoms with Crippen molar-refractivity contribution in [2.75, 3.05) is 14.2 Å². The number of hydrogen-bond acceptors (Lipinski definition) is 11. The number of thioether (sulfide) groups is 4. The van der Waals surface area contributed by atoms with Crippen LogP contribution in [0.1, 0.15) is 50.7 Å². The molecule has 0 aliphatic carbocycles. The predicted molar refractivity (Wildman–Crippen MR) is 191 cm³/mol. The van der Waals surface area contributed by atoms with Gasteiger partial charge in [0.2, 0.25) is 0 Å². The molecule has 0 atom stereocenters. The van der Waals surface area contributed by atoms with Crippen LogP contribution in [0.2, 0.25) is 0 Å². The molecule has 2 heterocycles. The van der Waals surface area contributed by atoms with Gasteiger partial charge in [-0.2, -0.15) is 5.26 Å². The zero-order valence-electron chi connectivity index (χ0n) is 26.8. The summed E-state index contributed by atoms with van der Waals surface area (Å²) in [5.41, 5.74) is 2.04. The van der Waals surface area contributed by atoms with Gasteiger partial charge in [-0.25, -0.2) is 9.64 Å². The van der Waals surface area contributed by atoms with E-state index >= 15 is 0 Å². The summed E-state index contributed by atoms with van der Waals surface area (Å²) in [7, 11) is 3.06. The lowest BCUT2D eigenvalue weighted by atomic mass is 10.1. The number of nitriles is 1. The van der Waals surface area contributed by atoms with E-state index in [4.69, 9.17) is 25.5 Å². The van der Waals surface area contributed by atoms with E-state index in [2.05, 4.69) is 18.7 Å². The lowest BCUT2D eigenvalue weighted by molar-refractivity contribution is -0.130. The third kappa shape index (κ3) is 7.68. The normalized spacial score (nSPS) is 12.8. The third-order valence-corrected chi connectivity index (χ3v) is 12.5. The largest absolute Gasteiger partial charge is 0.494 e. The number of unbranched alkanes of at least 4 members (excludes halogenated alkanes) is 2. The first-order valence-electron chi connectivity index (χ1n) is 15.3. The number of carbonyl (C=O) groups excluding carboxylic acids is 2. The van der Waals surface area contributed by atoms with Gasteiger partial charge in [0.1, 0.15) is 29.1 Å². The van der Waals surface area contributed by atoms with Gasteiger partial charge in [0.15, 0.2) is 5.57 Å². The highest BCUT2D eigenvalue weighted by Gasteiger charge is 2.39. The fourth-order valence-corrected chi connectivity index (χ4v) is 10.3. The third-order valence-electron chi connectivity index (χ3n) is 7.35. The number of aryl methyl sites for hydroxylation is 2. The SMILES string of the molecule is [C-]#[N+]C(C(=O)Oc1ccc(CCCC)cc1)=C1Sc2c(OC)c3c(c(OC)c2S1)SC(=C(C#N)C(=O)Oc1ccc(CCCC)cc1)S3. The van der Waals surface area contributed by atoms with E-state index in [1.54, 1.807) is 24.3 Å². The van der Waals surface area contributed by atoms with Crippen molar-refractivity contribution in [3.63, 3.8) is 0 Å². The number of hydrogen-bond donors (Lipinski definition) is 0. The van der Waals surface area contributed by atoms with Crippen LogP contribution in [-0.4, -0.2) is 26.2 Å². The highest BCUT2D eigenvalue weighted by atomic mass is 32.2. The standard InChI is InChI=1S/C36H32N2O6S4/c1-6-8-10-21-12-16-23(17-13-21)43-33(39)25(20-37)35-45-29-27(41-4)31-32(28(42-5)30(29)46-35)48-36(47-31)26(38-3)34(40)44-24-18-14-22(15-19-24)11-9-7-2/h12-19H,6-11H2,1-2,4-5H3. The molecule has 246 valence electrons. The quantitative estimate of drug-likeness (QED) is 0.0589. The minimum atomic E-state index is -0.753. The first-order chi connectivity index (χ1) is 23.3. The van der Waals surface area contributed by atoms with Gasteiger partial charge in [0, 0.05) is 0 Å². The summed E-state index contributed by atoms with van der Waals surface area (Å²) in [6, 6.07) is 16.7. The Morgan fingerprint density at radius 1 is 0.708 bits per heavy atom. The summed E-state index contributed by atoms with van der Waals surface area (Å²) >= 11 is 4.88. The van der Waals surface area contributed by atoms with E-state index in [-0.39, 0.29) is 11.3 Å². The second kappa shape index (κ2) is 16.4. The highest BCUT2D eigenvalue weighted by molar-refractivity contribution is 8.26. The number of methoxy groups -OCH3 is 2. The number of carbonyl (C=O) groups is 2. The number of benzene rings is 3. The molecule has 0 fully saturated rings. The van der Waals surface area contributed by atoms with Crippen molar-refractivity contribution in [3.8, 4) is 29.1 Å². The van der Waals surface area contributed by atoms with Crippen molar-refractivity contribution >= 4 is 59.0 Å². The van der Waals surface area contributed by atoms with Crippen LogP contribution < -0.4 is 18.9 Å². The van der Waals surface area contributed by atoms with Gasteiger partial charge >= 0.3 is 11.9 Å². The molecule has 0 radical (unpaired) electrons. The van der Waals surface area contributed by atoms with Crippen LogP contribution in [0, 0.1) is 17.9 Å². The molecule has 3 aromatic carbocycles. The summed E-state index contributed by atoms with van der Waals surface area (Å²) < 4.78 is 23.7. The van der Waals surface area contributed by atoms with Crippen LogP contribution in [0.4, 0.5) is 0 Å². The highest BCUT2D eigenvalue weighted by Crippen LogP contribution is 2.68. The average Bonchev–Trinajstić information content (AvgIpc) is 3.72. The van der Waals surface area contributed by atoms with Crippen molar-refractivity contribution in [2.45, 2.75) is 72.0 Å². The predicted octanol–water partition coefficient (Wildman–Crippen LogP) is 9.82. The summed E-state index contributed by atoms with van der Waals surface area (Å²) in [6.07, 6.45) is 6.23. The lowest BCUT2D eigenvalue weighted by Gasteiger charge is -2.14. The monoisotopic (exact) mass is 716 g/mol. The molecule has 2 aliphatic rings. The fraction of sp³-hybridized carbons (Fsp3) is 0.278. The molecule has 0 spiro atoms. The van der Waals surface area contributed by atoms with Crippen molar-refractivity contribution < 1.29 is 28.5 Å². The molecule has 5 rings (SSSR count). The van der Waals surface area contributed by atoms with Crippen LogP contribution in [0.15, 0.2) is 87.9 Å². The molecule has 2 aliphatic heterocycles. The Kier molecular flexibility index (Phi) is 12.1. The van der Waals surface area contributed by atoms with Gasteiger partial charge in [-0.05, 0) is 61.1 Å². The van der Waals surface area contributed by atoms with Gasteiger partial charge in [-0.1, -0.05) is 98.0 Å². The molecule has 8 nitrogen and oxygen atoms in total. The van der Waals surface area contributed by atoms with E-state index in [1.807, 2.05) is 30.3 Å². The molecule has 0 bridgehead atoms. The molecule has 0 amide bonds. The zero-order valence-corrected chi connectivity index (χ0v) is 30.1. The van der Waals surface area contributed by atoms with Crippen molar-refractivity contribution in [2.24, 2.45) is 0 Å². The van der Waals surface area contributed by atoms with E-state index in [0.29, 0.717) is 51.1 Å². The van der Waals surface area contributed by atoms with Crippen LogP contribution in [0.3, 0.4) is 0 Å². The fourth-order valence-electron chi connectivity index (χ4n) is 4.84. The van der Waals surface area contributed by atoms with Gasteiger partial charge in [-0.15, -0.1) is 0 Å². The van der Waals surface area contributed by atoms with Crippen LogP contribution in [0.5, 0.6) is 23.0 Å². The van der Waals surface area contributed by atoms with E-state index < -0.39 is 11.9 Å². The maximum Gasteiger partial charge on any atom is 0.356 e. The number of ether oxygens (including phenoxy) is 4. The molecule has 0 saturated heterocycles. The van der Waals surface area contributed by atoms with Crippen molar-refractivity contribution in [1.82, 2.24) is 0 Å². The Bertz CT molecular complexity index is 1690. The minimum absolute atomic E-state index is 0.127. The molecule has 0 unspecified atom stereocenters. The average molecular weight is 717 g/mol. The minimum Gasteiger partial charge on any atom is -0.494 e. The smallest absolute Gasteiger partial charge is 0.356 e. The van der Waals surface area contributed by atoms with E-state index in [1.165, 1.54) is 61.3 Å². The molecule has 3 aromatic rings. The lowest BCUT2D eigenvalue weighted by Crippen LogP contribution is -2.11. The topological polar surface area (TPSA) is 99.2 Å². The van der Waals surface area contributed by atoms with E-state index in [0.717, 1.165) is 49.7 Å². The molecular weight excluding hydrogens is 685 g/mol. The molecule has 0 aromatic heterocycles. The van der Waals surface area contributed by atoms with Crippen LogP contribution in [-0.2, 0) is 22.4 Å². The van der Waals surface area contributed by atoms with Gasteiger partial charge in [0.05, 0.1) is 48.8 Å². The van der Waals surface area contributed by atoms with Gasteiger partial charge in [-0.3, -0.25) is 4.79 Å². The zero-order chi connectivity index (χ0) is 34.2. The second-order valence-electron chi connectivity index (χ2n) is 10.6. The Balaban J connectivity index is 1.39. The number of nitrogens with zero attached hydrogens (tertiary/aromatic N) is 2. The molecule has 48 heavy (non-hydrogen) atoms. The van der Waals surface area contributed by atoms with Crippen molar-refractivity contribution in [1.29, 1.82) is 5.26 Å². The molecule has 0 saturated carbocycles. The second-order valence-corrected chi connectivity index (χ2v) is 15.2. The van der Waals surface area contributed by atoms with Crippen LogP contribution >= 0.6 is 47.0 Å². The molecule has 0 N–H and O–H groups in total. The Morgan fingerprint density at radius 3 is 1.50 bits per heavy atom. The Labute approximate surface area is 297 Å². The maximum absolute atomic E-state index is 13.2. The maximum atomic E-state index is 13.2. The number of esters is 2. The van der Waals surface area contributed by atoms with Crippen LogP contribution in [0.25, 0.3) is 4.85 Å². The summed E-state index contributed by atoms with van der Waals surface area (Å²) in [4.78, 5) is 32.6. The van der Waals surface area contributed by atoms with Crippen molar-refractivity contribution in [3.05, 3.63) is 90.8 Å². The summed E-state index contributed by atoms with van der Waals surface area (Å²) in [6.45, 7) is 12.1. The first-order valence-corrected chi connectivity index (χ1v) is 18.5. The molecular formula is C36H32N2O6S4. The Morgan fingerprint density at radius 2 is 1.12 bits per heavy atom. The number of rotatable bonds is 12. The summed E-state index contributed by atoms with van der Waals surface area (Å²) in [5, 5.41) is 10.0. The summed E-state index contributed by atoms with van der Waals surface area (Å²) in [5.74, 6) is 0.213. The van der Waals surface area contributed by atoms with E-state index in [9.17, 15) is 14.9 Å². The number of fused-ring (bicyclic) bond motifs is 2. The van der Waals surface area contributed by atoms with Gasteiger partial charge < -0.3 is 18.9 Å².